The first kappa shape index (κ1) is 23.9. The fourth-order valence-electron chi connectivity index (χ4n) is 6.55. The Balaban J connectivity index is 1.25. The van der Waals surface area contributed by atoms with E-state index in [2.05, 4.69) is 95.0 Å². The monoisotopic (exact) mass is 523 g/mol. The van der Waals surface area contributed by atoms with E-state index >= 15 is 0 Å². The van der Waals surface area contributed by atoms with E-state index in [-0.39, 0.29) is 5.41 Å². The molecule has 3 aliphatic heterocycles. The average Bonchev–Trinajstić information content (AvgIpc) is 3.42. The maximum Gasteiger partial charge on any atom is 0.234 e. The highest BCUT2D eigenvalue weighted by Gasteiger charge is 2.54. The minimum atomic E-state index is -1.36. The van der Waals surface area contributed by atoms with Crippen molar-refractivity contribution >= 4 is 25.2 Å². The Labute approximate surface area is 226 Å². The molecule has 0 radical (unpaired) electrons. The Kier molecular flexibility index (Phi) is 5.14. The number of rotatable bonds is 4. The number of aryl methyl sites for hydroxylation is 1. The summed E-state index contributed by atoms with van der Waals surface area (Å²) >= 11 is 0. The van der Waals surface area contributed by atoms with Gasteiger partial charge in [-0.3, -0.25) is 0 Å². The lowest BCUT2D eigenvalue weighted by molar-refractivity contribution is -0.107. The predicted molar refractivity (Wildman–Crippen MR) is 156 cm³/mol. The highest BCUT2D eigenvalue weighted by Crippen LogP contribution is 2.47. The molecule has 2 fully saturated rings. The summed E-state index contributed by atoms with van der Waals surface area (Å²) in [6, 6.07) is 13.7. The molecule has 196 valence electrons. The molecule has 1 aliphatic carbocycles. The van der Waals surface area contributed by atoms with Crippen molar-refractivity contribution in [3.05, 3.63) is 82.4 Å². The molecule has 6 nitrogen and oxygen atoms in total. The molecule has 1 N–H and O–H groups in total. The van der Waals surface area contributed by atoms with Crippen LogP contribution in [0, 0.1) is 12.3 Å². The Morgan fingerprint density at radius 3 is 2.39 bits per heavy atom. The number of amidine groups is 1. The van der Waals surface area contributed by atoms with E-state index in [4.69, 9.17) is 9.99 Å². The van der Waals surface area contributed by atoms with Crippen LogP contribution < -0.4 is 10.5 Å². The van der Waals surface area contributed by atoms with Crippen LogP contribution in [0.1, 0.15) is 41.3 Å². The number of nitrogens with one attached hydrogen (secondary N) is 1. The molecule has 1 spiro atoms. The quantitative estimate of drug-likeness (QED) is 0.503. The lowest BCUT2D eigenvalue weighted by atomic mass is 9.71. The highest BCUT2D eigenvalue weighted by molar-refractivity contribution is 6.88. The van der Waals surface area contributed by atoms with E-state index in [0.717, 1.165) is 50.4 Å². The van der Waals surface area contributed by atoms with Crippen LogP contribution in [0.2, 0.25) is 19.6 Å². The largest absolute Gasteiger partial charge is 0.360 e. The zero-order chi connectivity index (χ0) is 26.3. The summed E-state index contributed by atoms with van der Waals surface area (Å²) in [6.45, 7) is 14.4. The van der Waals surface area contributed by atoms with Crippen molar-refractivity contribution < 1.29 is 4.84 Å². The second-order valence-electron chi connectivity index (χ2n) is 12.9. The van der Waals surface area contributed by atoms with E-state index < -0.39 is 13.8 Å². The van der Waals surface area contributed by atoms with Gasteiger partial charge in [0.05, 0.1) is 20.1 Å². The summed E-state index contributed by atoms with van der Waals surface area (Å²) in [7, 11) is -1.36. The van der Waals surface area contributed by atoms with Crippen LogP contribution in [0.4, 0.5) is 0 Å². The van der Waals surface area contributed by atoms with E-state index in [1.54, 1.807) is 0 Å². The second kappa shape index (κ2) is 8.17. The van der Waals surface area contributed by atoms with Gasteiger partial charge in [0, 0.05) is 49.4 Å². The fraction of sp³-hybridized carbons (Fsp3) is 0.419. The molecule has 4 heterocycles. The number of hydrogen-bond donors (Lipinski definition) is 1. The smallest absolute Gasteiger partial charge is 0.234 e. The summed E-state index contributed by atoms with van der Waals surface area (Å²) in [5.74, 6) is 1.00. The Bertz CT molecular complexity index is 1490. The van der Waals surface area contributed by atoms with Crippen LogP contribution in [0.3, 0.4) is 0 Å². The summed E-state index contributed by atoms with van der Waals surface area (Å²) in [4.78, 5) is 13.2. The van der Waals surface area contributed by atoms with Crippen LogP contribution in [-0.2, 0) is 23.4 Å². The minimum absolute atomic E-state index is 0.222. The first-order valence-corrected chi connectivity index (χ1v) is 17.4. The second-order valence-corrected chi connectivity index (χ2v) is 18.0. The molecule has 0 bridgehead atoms. The van der Waals surface area contributed by atoms with E-state index in [9.17, 15) is 0 Å². The number of piperidine rings is 1. The van der Waals surface area contributed by atoms with Crippen molar-refractivity contribution in [2.75, 3.05) is 19.6 Å². The van der Waals surface area contributed by atoms with Crippen molar-refractivity contribution in [2.45, 2.75) is 58.5 Å². The predicted octanol–water partition coefficient (Wildman–Crippen LogP) is 4.72. The third-order valence-electron chi connectivity index (χ3n) is 9.10. The SMILES string of the molecule is Cc1cn(-c2ccc(/C=C3\CC4(CNC4)CN4C3=NOC4(C)c3ccc([Si](C)(C)C)cc3)c3c2CC3)cn1. The molecule has 7 heteroatoms. The first-order chi connectivity index (χ1) is 18.2. The number of aromatic nitrogens is 2. The standard InChI is InChI=1S/C31H37N5OSi/c1-21-16-35(20-33-21)28-13-6-22(26-11-12-27(26)28)14-23-15-31(17-32-18-31)19-36-29(23)34-37-30(36,2)24-7-9-25(10-8-24)38(3,4)5/h6-10,13-14,16,20,32H,11-12,15,17-19H2,1-5H3/b23-14+. The van der Waals surface area contributed by atoms with Crippen LogP contribution in [0.25, 0.3) is 11.8 Å². The van der Waals surface area contributed by atoms with Gasteiger partial charge in [0.15, 0.2) is 5.84 Å². The van der Waals surface area contributed by atoms with Gasteiger partial charge in [-0.25, -0.2) is 4.98 Å². The number of fused-ring (bicyclic) bond motifs is 2. The average molecular weight is 524 g/mol. The Hall–Kier alpha value is -3.16. The minimum Gasteiger partial charge on any atom is -0.360 e. The molecular formula is C31H37N5OSi. The zero-order valence-electron chi connectivity index (χ0n) is 23.1. The van der Waals surface area contributed by atoms with Gasteiger partial charge in [0.1, 0.15) is 0 Å². The lowest BCUT2D eigenvalue weighted by Crippen LogP contribution is -2.64. The van der Waals surface area contributed by atoms with Crippen molar-refractivity contribution in [2.24, 2.45) is 10.6 Å². The zero-order valence-corrected chi connectivity index (χ0v) is 24.1. The normalized spacial score (nSPS) is 24.4. The molecule has 1 aromatic heterocycles. The number of benzene rings is 2. The molecular weight excluding hydrogens is 486 g/mol. The summed E-state index contributed by atoms with van der Waals surface area (Å²) < 4.78 is 2.16. The van der Waals surface area contributed by atoms with E-state index in [0.29, 0.717) is 0 Å². The molecule has 38 heavy (non-hydrogen) atoms. The topological polar surface area (TPSA) is 54.7 Å². The highest BCUT2D eigenvalue weighted by atomic mass is 28.3. The van der Waals surface area contributed by atoms with Crippen LogP contribution in [-0.4, -0.2) is 48.0 Å². The fourth-order valence-corrected chi connectivity index (χ4v) is 7.71. The van der Waals surface area contributed by atoms with Gasteiger partial charge in [-0.15, -0.1) is 0 Å². The summed E-state index contributed by atoms with van der Waals surface area (Å²) in [5.41, 5.74) is 8.62. The third kappa shape index (κ3) is 3.62. The molecule has 2 aromatic carbocycles. The number of oxime groups is 1. The van der Waals surface area contributed by atoms with Gasteiger partial charge >= 0.3 is 0 Å². The van der Waals surface area contributed by atoms with Gasteiger partial charge in [-0.05, 0) is 60.6 Å². The number of nitrogens with zero attached hydrogens (tertiary/aromatic N) is 4. The molecule has 1 atom stereocenters. The molecule has 0 amide bonds. The molecule has 3 aromatic rings. The van der Waals surface area contributed by atoms with Gasteiger partial charge in [-0.2, -0.15) is 0 Å². The van der Waals surface area contributed by atoms with Crippen molar-refractivity contribution in [1.29, 1.82) is 0 Å². The summed E-state index contributed by atoms with van der Waals surface area (Å²) in [6.07, 6.45) is 9.70. The van der Waals surface area contributed by atoms with Crippen LogP contribution in [0.5, 0.6) is 0 Å². The van der Waals surface area contributed by atoms with Crippen molar-refractivity contribution in [3.63, 3.8) is 0 Å². The molecule has 4 aliphatic rings. The molecule has 0 saturated carbocycles. The van der Waals surface area contributed by atoms with E-state index in [1.807, 2.05) is 13.3 Å². The first-order valence-electron chi connectivity index (χ1n) is 13.9. The van der Waals surface area contributed by atoms with Crippen molar-refractivity contribution in [3.8, 4) is 5.69 Å². The maximum atomic E-state index is 6.33. The molecule has 2 saturated heterocycles. The molecule has 7 rings (SSSR count). The molecule has 1 unspecified atom stereocenters. The van der Waals surface area contributed by atoms with E-state index in [1.165, 1.54) is 38.7 Å². The Morgan fingerprint density at radius 2 is 1.79 bits per heavy atom. The maximum absolute atomic E-state index is 6.33. The summed E-state index contributed by atoms with van der Waals surface area (Å²) in [5, 5.41) is 9.76. The van der Waals surface area contributed by atoms with Gasteiger partial charge in [-0.1, -0.05) is 60.3 Å². The van der Waals surface area contributed by atoms with Crippen LogP contribution in [0.15, 0.2) is 59.7 Å². The third-order valence-corrected chi connectivity index (χ3v) is 11.2. The van der Waals surface area contributed by atoms with Gasteiger partial charge in [0.25, 0.3) is 0 Å². The van der Waals surface area contributed by atoms with Gasteiger partial charge < -0.3 is 19.6 Å². The number of imidazole rings is 1. The lowest BCUT2D eigenvalue weighted by Gasteiger charge is -2.52. The van der Waals surface area contributed by atoms with Crippen LogP contribution >= 0.6 is 0 Å². The Morgan fingerprint density at radius 1 is 1.03 bits per heavy atom. The van der Waals surface area contributed by atoms with Gasteiger partial charge in [0.2, 0.25) is 5.72 Å². The number of hydrogen-bond acceptors (Lipinski definition) is 5. The van der Waals surface area contributed by atoms with Crippen molar-refractivity contribution in [1.82, 2.24) is 19.8 Å².